The Morgan fingerprint density at radius 3 is 2.60 bits per heavy atom. The first kappa shape index (κ1) is 19.7. The average Bonchev–Trinajstić information content (AvgIpc) is 3.06. The monoisotopic (exact) mass is 403 g/mol. The summed E-state index contributed by atoms with van der Waals surface area (Å²) in [5, 5.41) is 0. The number of carbonyl (C=O) groups excluding carboxylic acids is 1. The van der Waals surface area contributed by atoms with Gasteiger partial charge in [0.25, 0.3) is 0 Å². The second-order valence-corrected chi connectivity index (χ2v) is 9.98. The summed E-state index contributed by atoms with van der Waals surface area (Å²) in [6.07, 6.45) is 6.40. The molecule has 0 radical (unpaired) electrons. The van der Waals surface area contributed by atoms with E-state index in [0.29, 0.717) is 30.1 Å². The van der Waals surface area contributed by atoms with Crippen molar-refractivity contribution in [3.8, 4) is 5.75 Å². The van der Waals surface area contributed by atoms with Crippen molar-refractivity contribution in [2.24, 2.45) is 17.3 Å². The van der Waals surface area contributed by atoms with E-state index in [1.807, 2.05) is 6.07 Å². The van der Waals surface area contributed by atoms with Crippen LogP contribution in [0, 0.1) is 17.3 Å². The highest BCUT2D eigenvalue weighted by Crippen LogP contribution is 2.60. The smallest absolute Gasteiger partial charge is 0.143 e. The minimum Gasteiger partial charge on any atom is -0.487 e. The van der Waals surface area contributed by atoms with E-state index in [2.05, 4.69) is 62.3 Å². The van der Waals surface area contributed by atoms with Gasteiger partial charge in [-0.2, -0.15) is 0 Å². The minimum absolute atomic E-state index is 0.0538. The number of carbonyl (C=O) groups is 1. The van der Waals surface area contributed by atoms with Gasteiger partial charge >= 0.3 is 0 Å². The molecule has 2 aromatic carbocycles. The molecule has 4 atom stereocenters. The summed E-state index contributed by atoms with van der Waals surface area (Å²) >= 11 is 0. The maximum absolute atomic E-state index is 12.6. The van der Waals surface area contributed by atoms with E-state index in [0.717, 1.165) is 37.9 Å². The molecule has 5 rings (SSSR count). The largest absolute Gasteiger partial charge is 0.487 e. The van der Waals surface area contributed by atoms with Crippen LogP contribution in [0.15, 0.2) is 42.5 Å². The van der Waals surface area contributed by atoms with Gasteiger partial charge in [-0.05, 0) is 72.6 Å². The van der Waals surface area contributed by atoms with Crippen LogP contribution in [0.5, 0.6) is 5.75 Å². The number of benzene rings is 2. The first-order chi connectivity index (χ1) is 14.5. The van der Waals surface area contributed by atoms with E-state index in [-0.39, 0.29) is 5.41 Å². The predicted molar refractivity (Wildman–Crippen MR) is 121 cm³/mol. The molecule has 0 aromatic heterocycles. The zero-order chi connectivity index (χ0) is 20.9. The van der Waals surface area contributed by atoms with Crippen LogP contribution >= 0.6 is 0 Å². The third-order valence-corrected chi connectivity index (χ3v) is 8.24. The Kier molecular flexibility index (Phi) is 4.88. The normalized spacial score (nSPS) is 29.7. The molecule has 0 heterocycles. The van der Waals surface area contributed by atoms with Crippen molar-refractivity contribution in [2.75, 3.05) is 19.0 Å². The highest BCUT2D eigenvalue weighted by atomic mass is 16.5. The molecule has 0 amide bonds. The van der Waals surface area contributed by atoms with E-state index in [9.17, 15) is 4.79 Å². The summed E-state index contributed by atoms with van der Waals surface area (Å²) in [5.41, 5.74) is 5.38. The molecule has 3 nitrogen and oxygen atoms in total. The zero-order valence-corrected chi connectivity index (χ0v) is 18.5. The molecule has 158 valence electrons. The van der Waals surface area contributed by atoms with E-state index in [1.54, 1.807) is 0 Å². The second kappa shape index (κ2) is 7.44. The van der Waals surface area contributed by atoms with Gasteiger partial charge in [0.2, 0.25) is 0 Å². The van der Waals surface area contributed by atoms with Crippen molar-refractivity contribution < 1.29 is 9.53 Å². The molecule has 30 heavy (non-hydrogen) atoms. The van der Waals surface area contributed by atoms with Crippen LogP contribution in [0.3, 0.4) is 0 Å². The van der Waals surface area contributed by atoms with Crippen LogP contribution in [-0.4, -0.2) is 19.9 Å². The Labute approximate surface area is 180 Å². The van der Waals surface area contributed by atoms with Crippen LogP contribution in [0.4, 0.5) is 5.69 Å². The number of rotatable bonds is 4. The summed E-state index contributed by atoms with van der Waals surface area (Å²) < 4.78 is 6.30. The summed E-state index contributed by atoms with van der Waals surface area (Å²) in [5.74, 6) is 3.34. The number of ketones is 1. The van der Waals surface area contributed by atoms with Crippen molar-refractivity contribution in [1.29, 1.82) is 0 Å². The molecule has 3 heteroatoms. The Hall–Kier alpha value is -2.29. The maximum Gasteiger partial charge on any atom is 0.143 e. The molecule has 2 fully saturated rings. The van der Waals surface area contributed by atoms with Crippen molar-refractivity contribution in [1.82, 2.24) is 0 Å². The molecule has 0 spiro atoms. The number of nitrogens with zero attached hydrogens (tertiary/aromatic N) is 1. The van der Waals surface area contributed by atoms with Crippen molar-refractivity contribution in [2.45, 2.75) is 58.0 Å². The Balaban J connectivity index is 1.46. The molecule has 0 bridgehead atoms. The number of hydrogen-bond acceptors (Lipinski definition) is 3. The summed E-state index contributed by atoms with van der Waals surface area (Å²) in [7, 11) is 4.26. The van der Waals surface area contributed by atoms with Crippen LogP contribution in [0.25, 0.3) is 0 Å². The van der Waals surface area contributed by atoms with E-state index < -0.39 is 0 Å². The minimum atomic E-state index is -0.0538. The fourth-order valence-electron chi connectivity index (χ4n) is 6.74. The number of hydrogen-bond donors (Lipinski definition) is 0. The summed E-state index contributed by atoms with van der Waals surface area (Å²) in [6, 6.07) is 14.9. The molecule has 3 aliphatic rings. The molecule has 2 aromatic rings. The lowest BCUT2D eigenvalue weighted by atomic mass is 9.55. The molecule has 0 N–H and O–H groups in total. The van der Waals surface area contributed by atoms with Gasteiger partial charge < -0.3 is 9.64 Å². The van der Waals surface area contributed by atoms with E-state index in [1.165, 1.54) is 28.8 Å². The highest BCUT2D eigenvalue weighted by molar-refractivity contribution is 5.87. The van der Waals surface area contributed by atoms with Gasteiger partial charge in [-0.15, -0.1) is 0 Å². The van der Waals surface area contributed by atoms with Gasteiger partial charge in [-0.3, -0.25) is 4.79 Å². The zero-order valence-electron chi connectivity index (χ0n) is 18.5. The van der Waals surface area contributed by atoms with Crippen LogP contribution in [-0.2, 0) is 17.8 Å². The topological polar surface area (TPSA) is 29.5 Å². The second-order valence-electron chi connectivity index (χ2n) is 9.98. The lowest BCUT2D eigenvalue weighted by molar-refractivity contribution is -0.129. The molecule has 2 saturated carbocycles. The quantitative estimate of drug-likeness (QED) is 0.650. The highest BCUT2D eigenvalue weighted by Gasteiger charge is 2.54. The number of Topliss-reactive ketones (excluding diaryl/α,β-unsaturated/α-hetero) is 1. The molecule has 0 saturated heterocycles. The molecular weight excluding hydrogens is 370 g/mol. The van der Waals surface area contributed by atoms with Gasteiger partial charge in [0.15, 0.2) is 0 Å². The summed E-state index contributed by atoms with van der Waals surface area (Å²) in [4.78, 5) is 14.8. The van der Waals surface area contributed by atoms with Gasteiger partial charge in [0.1, 0.15) is 18.1 Å². The molecular formula is C27H33NO2. The third kappa shape index (κ3) is 3.05. The van der Waals surface area contributed by atoms with Gasteiger partial charge in [-0.1, -0.05) is 43.3 Å². The standard InChI is InChI=1S/C27H33NO2/c1-27-16-15-20-19-11-13-24(30-17-18-7-5-4-6-8-18)26(28(2)3)22(19)10-9-21(20)23(27)12-14-25(27)29/h4-8,11,13,20-21,23H,9-10,12,14-17H2,1-3H3/t20-,21-,23+,27+/m1/s1. The molecule has 0 aliphatic heterocycles. The Morgan fingerprint density at radius 1 is 1.03 bits per heavy atom. The van der Waals surface area contributed by atoms with Crippen LogP contribution in [0.1, 0.15) is 61.6 Å². The van der Waals surface area contributed by atoms with E-state index in [4.69, 9.17) is 4.74 Å². The fraction of sp³-hybridized carbons (Fsp3) is 0.519. The summed E-state index contributed by atoms with van der Waals surface area (Å²) in [6.45, 7) is 2.85. The van der Waals surface area contributed by atoms with Crippen LogP contribution < -0.4 is 9.64 Å². The lowest BCUT2D eigenvalue weighted by Crippen LogP contribution is -2.42. The first-order valence-electron chi connectivity index (χ1n) is 11.5. The van der Waals surface area contributed by atoms with Crippen molar-refractivity contribution in [3.05, 3.63) is 59.2 Å². The lowest BCUT2D eigenvalue weighted by Gasteiger charge is -2.48. The number of fused-ring (bicyclic) bond motifs is 5. The van der Waals surface area contributed by atoms with Crippen molar-refractivity contribution in [3.63, 3.8) is 0 Å². The third-order valence-electron chi connectivity index (χ3n) is 8.24. The Bertz CT molecular complexity index is 951. The first-order valence-corrected chi connectivity index (χ1v) is 11.5. The molecule has 0 unspecified atom stereocenters. The van der Waals surface area contributed by atoms with E-state index >= 15 is 0 Å². The fourth-order valence-corrected chi connectivity index (χ4v) is 6.74. The molecule has 3 aliphatic carbocycles. The number of anilines is 1. The average molecular weight is 404 g/mol. The SMILES string of the molecule is CN(C)c1c(OCc2ccccc2)ccc2c1CC[C@@H]1[C@@H]2CC[C@]2(C)C(=O)CC[C@@H]12. The maximum atomic E-state index is 12.6. The Morgan fingerprint density at radius 2 is 1.83 bits per heavy atom. The van der Waals surface area contributed by atoms with Crippen molar-refractivity contribution >= 4 is 11.5 Å². The van der Waals surface area contributed by atoms with Gasteiger partial charge in [-0.25, -0.2) is 0 Å². The van der Waals surface area contributed by atoms with Gasteiger partial charge in [0, 0.05) is 25.9 Å². The predicted octanol–water partition coefficient (Wildman–Crippen LogP) is 5.76. The number of ether oxygens (including phenoxy) is 1. The van der Waals surface area contributed by atoms with Crippen LogP contribution in [0.2, 0.25) is 0 Å². The van der Waals surface area contributed by atoms with Gasteiger partial charge in [0.05, 0.1) is 5.69 Å².